The zero-order valence-electron chi connectivity index (χ0n) is 14.4. The topological polar surface area (TPSA) is 32.3 Å². The quantitative estimate of drug-likeness (QED) is 0.811. The van der Waals surface area contributed by atoms with Gasteiger partial charge in [-0.05, 0) is 48.2 Å². The molecule has 1 N–H and O–H groups in total. The van der Waals surface area contributed by atoms with Crippen LogP contribution >= 0.6 is 23.2 Å². The SMILES string of the molecule is O=C(Cc1ccc(F)cc1)NC1CCN(Cc2ccc(Cl)c(Cl)c2)CC1. The third-order valence-corrected chi connectivity index (χ3v) is 5.36. The first kappa shape index (κ1) is 19.2. The Balaban J connectivity index is 1.43. The van der Waals surface area contributed by atoms with Crippen molar-refractivity contribution in [3.05, 3.63) is 69.5 Å². The lowest BCUT2D eigenvalue weighted by atomic mass is 10.0. The van der Waals surface area contributed by atoms with E-state index in [4.69, 9.17) is 23.2 Å². The Morgan fingerprint density at radius 1 is 1.04 bits per heavy atom. The van der Waals surface area contributed by atoms with Crippen molar-refractivity contribution in [1.82, 2.24) is 10.2 Å². The maximum atomic E-state index is 12.9. The fourth-order valence-electron chi connectivity index (χ4n) is 3.20. The smallest absolute Gasteiger partial charge is 0.224 e. The van der Waals surface area contributed by atoms with E-state index in [2.05, 4.69) is 10.2 Å². The number of piperidine rings is 1. The number of amides is 1. The van der Waals surface area contributed by atoms with Crippen LogP contribution in [0.1, 0.15) is 24.0 Å². The van der Waals surface area contributed by atoms with E-state index in [-0.39, 0.29) is 24.2 Å². The molecule has 26 heavy (non-hydrogen) atoms. The number of hydrogen-bond donors (Lipinski definition) is 1. The van der Waals surface area contributed by atoms with Crippen LogP contribution in [0.15, 0.2) is 42.5 Å². The molecule has 6 heteroatoms. The van der Waals surface area contributed by atoms with Crippen LogP contribution in [0.2, 0.25) is 10.0 Å². The molecule has 138 valence electrons. The molecule has 0 aliphatic carbocycles. The van der Waals surface area contributed by atoms with E-state index in [0.717, 1.165) is 43.6 Å². The fraction of sp³-hybridized carbons (Fsp3) is 0.350. The summed E-state index contributed by atoms with van der Waals surface area (Å²) >= 11 is 12.0. The normalized spacial score (nSPS) is 15.8. The van der Waals surface area contributed by atoms with Crippen LogP contribution in [0.5, 0.6) is 0 Å². The summed E-state index contributed by atoms with van der Waals surface area (Å²) in [6.45, 7) is 2.66. The van der Waals surface area contributed by atoms with Gasteiger partial charge in [-0.2, -0.15) is 0 Å². The molecule has 0 atom stereocenters. The van der Waals surface area contributed by atoms with Gasteiger partial charge in [-0.3, -0.25) is 9.69 Å². The van der Waals surface area contributed by atoms with Gasteiger partial charge in [0.05, 0.1) is 16.5 Å². The summed E-state index contributed by atoms with van der Waals surface area (Å²) in [5.74, 6) is -0.303. The maximum absolute atomic E-state index is 12.9. The number of halogens is 3. The maximum Gasteiger partial charge on any atom is 0.224 e. The molecule has 2 aromatic rings. The first-order valence-electron chi connectivity index (χ1n) is 8.69. The van der Waals surface area contributed by atoms with Crippen LogP contribution in [0, 0.1) is 5.82 Å². The minimum Gasteiger partial charge on any atom is -0.353 e. The van der Waals surface area contributed by atoms with Crippen molar-refractivity contribution < 1.29 is 9.18 Å². The van der Waals surface area contributed by atoms with Crippen molar-refractivity contribution in [2.75, 3.05) is 13.1 Å². The highest BCUT2D eigenvalue weighted by atomic mass is 35.5. The van der Waals surface area contributed by atoms with Gasteiger partial charge in [-0.15, -0.1) is 0 Å². The van der Waals surface area contributed by atoms with Gasteiger partial charge in [0.1, 0.15) is 5.82 Å². The fourth-order valence-corrected chi connectivity index (χ4v) is 3.52. The Morgan fingerprint density at radius 2 is 1.69 bits per heavy atom. The van der Waals surface area contributed by atoms with Crippen molar-refractivity contribution in [2.45, 2.75) is 31.8 Å². The lowest BCUT2D eigenvalue weighted by Gasteiger charge is -2.32. The highest BCUT2D eigenvalue weighted by Gasteiger charge is 2.21. The highest BCUT2D eigenvalue weighted by molar-refractivity contribution is 6.42. The molecule has 1 aliphatic heterocycles. The number of likely N-dealkylation sites (tertiary alicyclic amines) is 1. The predicted octanol–water partition coefficient (Wildman–Crippen LogP) is 4.46. The number of benzene rings is 2. The van der Waals surface area contributed by atoms with Gasteiger partial charge in [0, 0.05) is 25.7 Å². The molecule has 0 aromatic heterocycles. The van der Waals surface area contributed by atoms with Gasteiger partial charge in [-0.1, -0.05) is 41.4 Å². The molecule has 0 radical (unpaired) electrons. The van der Waals surface area contributed by atoms with Crippen molar-refractivity contribution in [1.29, 1.82) is 0 Å². The molecule has 0 bridgehead atoms. The molecule has 0 spiro atoms. The molecule has 1 aliphatic rings. The highest BCUT2D eigenvalue weighted by Crippen LogP contribution is 2.24. The van der Waals surface area contributed by atoms with Gasteiger partial charge in [0.15, 0.2) is 0 Å². The molecule has 3 nitrogen and oxygen atoms in total. The summed E-state index contributed by atoms with van der Waals surface area (Å²) in [6.07, 6.45) is 2.11. The first-order chi connectivity index (χ1) is 12.5. The van der Waals surface area contributed by atoms with Crippen LogP contribution in [0.4, 0.5) is 4.39 Å². The van der Waals surface area contributed by atoms with Gasteiger partial charge in [0.2, 0.25) is 5.91 Å². The number of rotatable bonds is 5. The lowest BCUT2D eigenvalue weighted by Crippen LogP contribution is -2.44. The minimum absolute atomic E-state index is 0.0143. The standard InChI is InChI=1S/C20H21Cl2FN2O/c21-18-6-3-15(11-19(18)22)13-25-9-7-17(8-10-25)24-20(26)12-14-1-4-16(23)5-2-14/h1-6,11,17H,7-10,12-13H2,(H,24,26). The predicted molar refractivity (Wildman–Crippen MR) is 103 cm³/mol. The number of nitrogens with zero attached hydrogens (tertiary/aromatic N) is 1. The summed E-state index contributed by atoms with van der Waals surface area (Å²) in [7, 11) is 0. The molecular formula is C20H21Cl2FN2O. The molecule has 1 amide bonds. The van der Waals surface area contributed by atoms with Crippen molar-refractivity contribution in [3.63, 3.8) is 0 Å². The molecular weight excluding hydrogens is 374 g/mol. The van der Waals surface area contributed by atoms with Crippen LogP contribution in [0.3, 0.4) is 0 Å². The van der Waals surface area contributed by atoms with Gasteiger partial charge < -0.3 is 5.32 Å². The van der Waals surface area contributed by atoms with E-state index in [1.165, 1.54) is 12.1 Å². The second-order valence-electron chi connectivity index (χ2n) is 6.67. The molecule has 2 aromatic carbocycles. The summed E-state index contributed by atoms with van der Waals surface area (Å²) in [5, 5.41) is 4.23. The van der Waals surface area contributed by atoms with Crippen LogP contribution in [-0.2, 0) is 17.8 Å². The third-order valence-electron chi connectivity index (χ3n) is 4.62. The first-order valence-corrected chi connectivity index (χ1v) is 9.45. The number of carbonyl (C=O) groups excluding carboxylic acids is 1. The minimum atomic E-state index is -0.288. The van der Waals surface area contributed by atoms with Crippen LogP contribution in [-0.4, -0.2) is 29.9 Å². The monoisotopic (exact) mass is 394 g/mol. The zero-order chi connectivity index (χ0) is 18.5. The van der Waals surface area contributed by atoms with Gasteiger partial charge >= 0.3 is 0 Å². The molecule has 1 saturated heterocycles. The Kier molecular flexibility index (Phi) is 6.52. The molecule has 3 rings (SSSR count). The summed E-state index contributed by atoms with van der Waals surface area (Å²) in [5.41, 5.74) is 1.96. The van der Waals surface area contributed by atoms with E-state index in [9.17, 15) is 9.18 Å². The van der Waals surface area contributed by atoms with E-state index < -0.39 is 0 Å². The molecule has 0 saturated carbocycles. The zero-order valence-corrected chi connectivity index (χ0v) is 15.9. The Bertz CT molecular complexity index is 759. The third kappa shape index (κ3) is 5.44. The lowest BCUT2D eigenvalue weighted by molar-refractivity contribution is -0.121. The Labute approximate surface area is 163 Å². The summed E-state index contributed by atoms with van der Waals surface area (Å²) < 4.78 is 12.9. The van der Waals surface area contributed by atoms with Crippen LogP contribution < -0.4 is 5.32 Å². The van der Waals surface area contributed by atoms with Gasteiger partial charge in [-0.25, -0.2) is 4.39 Å². The Morgan fingerprint density at radius 3 is 2.35 bits per heavy atom. The van der Waals surface area contributed by atoms with E-state index in [1.54, 1.807) is 12.1 Å². The molecule has 1 heterocycles. The van der Waals surface area contributed by atoms with Crippen molar-refractivity contribution >= 4 is 29.1 Å². The summed E-state index contributed by atoms with van der Waals surface area (Å²) in [4.78, 5) is 14.5. The number of nitrogens with one attached hydrogen (secondary N) is 1. The number of carbonyl (C=O) groups is 1. The van der Waals surface area contributed by atoms with Gasteiger partial charge in [0.25, 0.3) is 0 Å². The average Bonchev–Trinajstić information content (AvgIpc) is 2.62. The second kappa shape index (κ2) is 8.85. The Hall–Kier alpha value is -1.62. The average molecular weight is 395 g/mol. The molecule has 0 unspecified atom stereocenters. The molecule has 1 fully saturated rings. The second-order valence-corrected chi connectivity index (χ2v) is 7.48. The van der Waals surface area contributed by atoms with E-state index in [0.29, 0.717) is 10.0 Å². The largest absolute Gasteiger partial charge is 0.353 e. The van der Waals surface area contributed by atoms with Crippen LogP contribution in [0.25, 0.3) is 0 Å². The number of hydrogen-bond acceptors (Lipinski definition) is 2. The van der Waals surface area contributed by atoms with E-state index >= 15 is 0 Å². The van der Waals surface area contributed by atoms with Crippen molar-refractivity contribution in [2.24, 2.45) is 0 Å². The summed E-state index contributed by atoms with van der Waals surface area (Å²) in [6, 6.07) is 12.0. The van der Waals surface area contributed by atoms with E-state index in [1.807, 2.05) is 18.2 Å². The van der Waals surface area contributed by atoms with Crippen molar-refractivity contribution in [3.8, 4) is 0 Å².